The van der Waals surface area contributed by atoms with Crippen LogP contribution in [0, 0.1) is 5.92 Å². The van der Waals surface area contributed by atoms with Crippen LogP contribution in [0.4, 0.5) is 0 Å². The lowest BCUT2D eigenvalue weighted by molar-refractivity contribution is 0.296. The molecule has 1 heterocycles. The Morgan fingerprint density at radius 1 is 1.00 bits per heavy atom. The molecule has 0 bridgehead atoms. The lowest BCUT2D eigenvalue weighted by Crippen LogP contribution is -2.48. The first kappa shape index (κ1) is 29.3. The summed E-state index contributed by atoms with van der Waals surface area (Å²) in [7, 11) is 6.56. The van der Waals surface area contributed by atoms with Crippen molar-refractivity contribution in [3.05, 3.63) is 150 Å². The van der Waals surface area contributed by atoms with Crippen LogP contribution < -0.4 is 5.73 Å². The fourth-order valence-corrected chi connectivity index (χ4v) is 11.1. The highest BCUT2D eigenvalue weighted by molar-refractivity contribution is 7.64. The number of nitrogens with two attached hydrogens (primary N) is 1. The first-order valence-electron chi connectivity index (χ1n) is 16.2. The average Bonchev–Trinajstić information content (AvgIpc) is 3.51. The van der Waals surface area contributed by atoms with Crippen LogP contribution in [0.2, 0.25) is 5.82 Å². The van der Waals surface area contributed by atoms with E-state index in [1.54, 1.807) is 5.31 Å². The maximum absolute atomic E-state index is 6.95. The zero-order valence-electron chi connectivity index (χ0n) is 25.7. The lowest BCUT2D eigenvalue weighted by Gasteiger charge is -2.44. The molecule has 5 aliphatic rings. The van der Waals surface area contributed by atoms with Gasteiger partial charge in [0.2, 0.25) is 0 Å². The topological polar surface area (TPSA) is 29.3 Å². The van der Waals surface area contributed by atoms with Gasteiger partial charge in [0.05, 0.1) is 13.9 Å². The van der Waals surface area contributed by atoms with Gasteiger partial charge in [-0.2, -0.15) is 0 Å². The second kappa shape index (κ2) is 12.5. The monoisotopic (exact) mass is 592 g/mol. The normalized spacial score (nSPS) is 31.3. The summed E-state index contributed by atoms with van der Waals surface area (Å²) in [5, 5.41) is 4.12. The lowest BCUT2D eigenvalue weighted by atomic mass is 9.79. The molecule has 44 heavy (non-hydrogen) atoms. The summed E-state index contributed by atoms with van der Waals surface area (Å²) in [6, 6.07) is 13.3. The van der Waals surface area contributed by atoms with E-state index in [0.29, 0.717) is 17.2 Å². The van der Waals surface area contributed by atoms with Gasteiger partial charge < -0.3 is 10.6 Å². The zero-order chi connectivity index (χ0) is 30.2. The molecule has 4 heteroatoms. The van der Waals surface area contributed by atoms with E-state index >= 15 is 0 Å². The van der Waals surface area contributed by atoms with E-state index in [1.807, 2.05) is 0 Å². The molecule has 220 valence electrons. The number of nitrogens with zero attached hydrogens (tertiary/aromatic N) is 1. The van der Waals surface area contributed by atoms with E-state index in [4.69, 9.17) is 20.2 Å². The largest absolute Gasteiger partial charge is 0.340 e. The fourth-order valence-electron chi connectivity index (χ4n) is 7.74. The number of rotatable bonds is 5. The predicted octanol–water partition coefficient (Wildman–Crippen LogP) is 9.27. The van der Waals surface area contributed by atoms with Crippen LogP contribution in [0.5, 0.6) is 0 Å². The second-order valence-electron chi connectivity index (χ2n) is 12.8. The summed E-state index contributed by atoms with van der Waals surface area (Å²) in [5.74, 6) is 0.391. The maximum Gasteiger partial charge on any atom is 0.0819 e. The predicted molar refractivity (Wildman–Crippen MR) is 192 cm³/mol. The van der Waals surface area contributed by atoms with Crippen LogP contribution in [-0.4, -0.2) is 36.1 Å². The summed E-state index contributed by atoms with van der Waals surface area (Å²) >= 11 is 0. The third-order valence-corrected chi connectivity index (χ3v) is 13.4. The SMILES string of the molecule is [B]C1C=CC(P(C2=CC=CC2)[C@H]2C=CC=CC2C)CC=C1/C=C1\Cc2ccc3ccccc3c2C(=C)N1[C@@H]1CCC=CC1N. The Kier molecular flexibility index (Phi) is 8.36. The molecule has 1 aliphatic heterocycles. The molecular formula is C40H42BN2P. The molecule has 0 aromatic heterocycles. The molecule has 0 spiro atoms. The van der Waals surface area contributed by atoms with Gasteiger partial charge in [-0.3, -0.25) is 0 Å². The van der Waals surface area contributed by atoms with Crippen molar-refractivity contribution in [1.82, 2.24) is 4.90 Å². The molecule has 2 nitrogen and oxygen atoms in total. The highest BCUT2D eigenvalue weighted by atomic mass is 31.1. The fraction of sp³-hybridized carbons (Fsp3) is 0.300. The molecule has 2 aromatic carbocycles. The molecular weight excluding hydrogens is 550 g/mol. The first-order chi connectivity index (χ1) is 21.5. The molecule has 0 amide bonds. The highest BCUT2D eigenvalue weighted by Crippen LogP contribution is 2.61. The highest BCUT2D eigenvalue weighted by Gasteiger charge is 2.35. The minimum Gasteiger partial charge on any atom is -0.340 e. The van der Waals surface area contributed by atoms with Crippen molar-refractivity contribution in [2.45, 2.75) is 68.2 Å². The molecule has 2 aromatic rings. The van der Waals surface area contributed by atoms with E-state index in [2.05, 4.69) is 127 Å². The van der Waals surface area contributed by atoms with Gasteiger partial charge >= 0.3 is 0 Å². The van der Waals surface area contributed by atoms with Crippen molar-refractivity contribution in [2.24, 2.45) is 11.7 Å². The number of allylic oxidation sites excluding steroid dienone is 15. The van der Waals surface area contributed by atoms with Gasteiger partial charge in [-0.15, -0.1) is 0 Å². The molecule has 4 aliphatic carbocycles. The van der Waals surface area contributed by atoms with Gasteiger partial charge in [0.15, 0.2) is 0 Å². The van der Waals surface area contributed by atoms with Crippen LogP contribution in [0.15, 0.2) is 139 Å². The maximum atomic E-state index is 6.95. The Hall–Kier alpha value is -3.39. The van der Waals surface area contributed by atoms with Gasteiger partial charge in [0.1, 0.15) is 0 Å². The Morgan fingerprint density at radius 3 is 2.68 bits per heavy atom. The zero-order valence-corrected chi connectivity index (χ0v) is 26.6. The molecule has 0 saturated carbocycles. The number of fused-ring (bicyclic) bond motifs is 3. The van der Waals surface area contributed by atoms with E-state index < -0.39 is 7.92 Å². The molecule has 7 atom stereocenters. The summed E-state index contributed by atoms with van der Waals surface area (Å²) < 4.78 is 0. The van der Waals surface area contributed by atoms with Gasteiger partial charge in [-0.25, -0.2) is 0 Å². The Labute approximate surface area is 266 Å². The third-order valence-electron chi connectivity index (χ3n) is 10.0. The molecule has 5 unspecified atom stereocenters. The van der Waals surface area contributed by atoms with Gasteiger partial charge in [-0.1, -0.05) is 136 Å². The van der Waals surface area contributed by atoms with E-state index in [1.165, 1.54) is 33.2 Å². The standard InChI is InChI=1S/C40H42BN2P/c1-27-11-3-10-18-39(27)44(33-13-5-6-14-33)34-22-21-30(36(41)24-23-34)25-32-26-31-20-19-29-12-4-7-15-35(29)40(31)28(2)43(32)38-17-9-8-16-37(38)42/h3-8,10-13,15-16,18-21,23-25,27,34,36-39H,2,9,14,17,22,26,42H2,1H3/b32-25+/t27?,34?,36?,37?,38-,39+,44?/m1/s1. The number of hydrogen-bond donors (Lipinski definition) is 1. The van der Waals surface area contributed by atoms with E-state index in [9.17, 15) is 0 Å². The van der Waals surface area contributed by atoms with Crippen molar-refractivity contribution >= 4 is 32.2 Å². The quantitative estimate of drug-likeness (QED) is 0.213. The molecule has 0 fully saturated rings. The molecule has 0 saturated heterocycles. The van der Waals surface area contributed by atoms with Crippen LogP contribution in [0.1, 0.15) is 43.7 Å². The van der Waals surface area contributed by atoms with Crippen molar-refractivity contribution in [3.8, 4) is 0 Å². The van der Waals surface area contributed by atoms with Crippen LogP contribution >= 0.6 is 7.92 Å². The van der Waals surface area contributed by atoms with Crippen LogP contribution in [0.3, 0.4) is 0 Å². The smallest absolute Gasteiger partial charge is 0.0819 e. The minimum absolute atomic E-state index is 0.0436. The van der Waals surface area contributed by atoms with E-state index in [-0.39, 0.29) is 17.9 Å². The number of hydrogen-bond acceptors (Lipinski definition) is 2. The average molecular weight is 593 g/mol. The van der Waals surface area contributed by atoms with Crippen LogP contribution in [0.25, 0.3) is 16.5 Å². The van der Waals surface area contributed by atoms with Crippen molar-refractivity contribution in [3.63, 3.8) is 0 Å². The van der Waals surface area contributed by atoms with Crippen molar-refractivity contribution in [2.75, 3.05) is 0 Å². The molecule has 7 rings (SSSR count). The number of benzene rings is 2. The van der Waals surface area contributed by atoms with Gasteiger partial charge in [0, 0.05) is 40.7 Å². The summed E-state index contributed by atoms with van der Waals surface area (Å²) in [5.41, 5.74) is 13.9. The Bertz CT molecular complexity index is 1700. The van der Waals surface area contributed by atoms with Crippen molar-refractivity contribution < 1.29 is 0 Å². The molecule has 2 radical (unpaired) electrons. The first-order valence-corrected chi connectivity index (χ1v) is 17.7. The minimum atomic E-state index is -0.392. The van der Waals surface area contributed by atoms with Crippen molar-refractivity contribution in [1.29, 1.82) is 0 Å². The summed E-state index contributed by atoms with van der Waals surface area (Å²) in [4.78, 5) is 2.46. The van der Waals surface area contributed by atoms with Crippen LogP contribution in [-0.2, 0) is 6.42 Å². The summed E-state index contributed by atoms with van der Waals surface area (Å²) in [6.45, 7) is 7.11. The molecule has 2 N–H and O–H groups in total. The summed E-state index contributed by atoms with van der Waals surface area (Å²) in [6.07, 6.45) is 35.1. The Morgan fingerprint density at radius 2 is 1.86 bits per heavy atom. The third kappa shape index (κ3) is 5.51. The second-order valence-corrected chi connectivity index (χ2v) is 15.5. The van der Waals surface area contributed by atoms with Gasteiger partial charge in [0.25, 0.3) is 0 Å². The van der Waals surface area contributed by atoms with Gasteiger partial charge in [-0.05, 0) is 65.1 Å². The Balaban J connectivity index is 1.26. The van der Waals surface area contributed by atoms with E-state index in [0.717, 1.165) is 37.8 Å².